The van der Waals surface area contributed by atoms with Crippen molar-refractivity contribution in [2.24, 2.45) is 0 Å². The number of nitrogens with zero attached hydrogens (tertiary/aromatic N) is 4. The standard InChI is InChI=1S/C18H15N5OS/c1-11-9-23-17(19-11)7-6-15(22-23)18(24)21-14-5-3-4-13(8-14)16-10-25-12(2)20-16/h3-10H,1-2H3,(H,21,24). The molecule has 1 amide bonds. The summed E-state index contributed by atoms with van der Waals surface area (Å²) in [7, 11) is 0. The zero-order chi connectivity index (χ0) is 17.4. The van der Waals surface area contributed by atoms with E-state index in [1.807, 2.05) is 43.5 Å². The van der Waals surface area contributed by atoms with E-state index in [4.69, 9.17) is 0 Å². The van der Waals surface area contributed by atoms with Gasteiger partial charge in [-0.1, -0.05) is 12.1 Å². The number of nitrogens with one attached hydrogen (secondary N) is 1. The van der Waals surface area contributed by atoms with E-state index in [1.54, 1.807) is 34.2 Å². The van der Waals surface area contributed by atoms with Crippen LogP contribution in [-0.4, -0.2) is 25.5 Å². The zero-order valence-corrected chi connectivity index (χ0v) is 14.5. The van der Waals surface area contributed by atoms with Crippen LogP contribution in [0.1, 0.15) is 21.2 Å². The van der Waals surface area contributed by atoms with E-state index in [9.17, 15) is 4.79 Å². The number of amides is 1. The molecule has 25 heavy (non-hydrogen) atoms. The predicted molar refractivity (Wildman–Crippen MR) is 98.0 cm³/mol. The molecular weight excluding hydrogens is 334 g/mol. The molecule has 4 rings (SSSR count). The average molecular weight is 349 g/mol. The molecule has 0 unspecified atom stereocenters. The van der Waals surface area contributed by atoms with Crippen molar-refractivity contribution in [3.05, 3.63) is 64.4 Å². The number of thiazole rings is 1. The predicted octanol–water partition coefficient (Wildman–Crippen LogP) is 3.72. The fraction of sp³-hybridized carbons (Fsp3) is 0.111. The largest absolute Gasteiger partial charge is 0.321 e. The topological polar surface area (TPSA) is 72.2 Å². The number of hydrogen-bond donors (Lipinski definition) is 1. The van der Waals surface area contributed by atoms with Gasteiger partial charge in [-0.3, -0.25) is 4.79 Å². The molecule has 0 spiro atoms. The first kappa shape index (κ1) is 15.5. The lowest BCUT2D eigenvalue weighted by Gasteiger charge is -2.06. The number of hydrogen-bond acceptors (Lipinski definition) is 5. The smallest absolute Gasteiger partial charge is 0.276 e. The maximum atomic E-state index is 12.5. The number of fused-ring (bicyclic) bond motifs is 1. The molecule has 3 heterocycles. The minimum absolute atomic E-state index is 0.264. The second-order valence-electron chi connectivity index (χ2n) is 5.69. The van der Waals surface area contributed by atoms with Crippen LogP contribution in [0.15, 0.2) is 48.0 Å². The highest BCUT2D eigenvalue weighted by molar-refractivity contribution is 7.09. The molecule has 0 aliphatic carbocycles. The van der Waals surface area contributed by atoms with Crippen LogP contribution in [-0.2, 0) is 0 Å². The van der Waals surface area contributed by atoms with Crippen molar-refractivity contribution in [1.82, 2.24) is 19.6 Å². The van der Waals surface area contributed by atoms with E-state index < -0.39 is 0 Å². The zero-order valence-electron chi connectivity index (χ0n) is 13.7. The van der Waals surface area contributed by atoms with E-state index in [0.717, 1.165) is 27.6 Å². The fourth-order valence-corrected chi connectivity index (χ4v) is 3.19. The number of carbonyl (C=O) groups is 1. The van der Waals surface area contributed by atoms with Gasteiger partial charge >= 0.3 is 0 Å². The molecule has 0 aliphatic heterocycles. The van der Waals surface area contributed by atoms with Gasteiger partial charge in [0, 0.05) is 16.6 Å². The molecule has 3 aromatic heterocycles. The first-order chi connectivity index (χ1) is 12.1. The third-order valence-corrected chi connectivity index (χ3v) is 4.48. The minimum atomic E-state index is -0.264. The minimum Gasteiger partial charge on any atom is -0.321 e. The summed E-state index contributed by atoms with van der Waals surface area (Å²) >= 11 is 1.60. The fourth-order valence-electron chi connectivity index (χ4n) is 2.57. The van der Waals surface area contributed by atoms with Gasteiger partial charge in [0.15, 0.2) is 5.65 Å². The van der Waals surface area contributed by atoms with Crippen LogP contribution >= 0.6 is 11.3 Å². The van der Waals surface area contributed by atoms with Crippen LogP contribution in [0.3, 0.4) is 0 Å². The number of imidazole rings is 1. The van der Waals surface area contributed by atoms with Crippen LogP contribution in [0.2, 0.25) is 0 Å². The third kappa shape index (κ3) is 3.14. The van der Waals surface area contributed by atoms with E-state index in [-0.39, 0.29) is 5.91 Å². The lowest BCUT2D eigenvalue weighted by atomic mass is 10.1. The Morgan fingerprint density at radius 1 is 1.16 bits per heavy atom. The average Bonchev–Trinajstić information content (AvgIpc) is 3.19. The Kier molecular flexibility index (Phi) is 3.77. The Balaban J connectivity index is 1.59. The van der Waals surface area contributed by atoms with Gasteiger partial charge in [-0.15, -0.1) is 11.3 Å². The van der Waals surface area contributed by atoms with E-state index in [1.165, 1.54) is 0 Å². The van der Waals surface area contributed by atoms with Crippen molar-refractivity contribution in [1.29, 1.82) is 0 Å². The molecule has 7 heteroatoms. The van der Waals surface area contributed by atoms with Crippen molar-refractivity contribution in [2.45, 2.75) is 13.8 Å². The van der Waals surface area contributed by atoms with Crippen molar-refractivity contribution in [3.8, 4) is 11.3 Å². The quantitative estimate of drug-likeness (QED) is 0.612. The summed E-state index contributed by atoms with van der Waals surface area (Å²) in [4.78, 5) is 21.3. The van der Waals surface area contributed by atoms with Gasteiger partial charge < -0.3 is 5.32 Å². The van der Waals surface area contributed by atoms with Gasteiger partial charge in [0.05, 0.1) is 22.6 Å². The summed E-state index contributed by atoms with van der Waals surface area (Å²) in [6.07, 6.45) is 1.79. The molecule has 4 aromatic rings. The maximum absolute atomic E-state index is 12.5. The van der Waals surface area contributed by atoms with Crippen LogP contribution in [0.5, 0.6) is 0 Å². The molecule has 0 saturated carbocycles. The highest BCUT2D eigenvalue weighted by Crippen LogP contribution is 2.24. The lowest BCUT2D eigenvalue weighted by molar-refractivity contribution is 0.102. The summed E-state index contributed by atoms with van der Waals surface area (Å²) in [5.74, 6) is -0.264. The number of benzene rings is 1. The maximum Gasteiger partial charge on any atom is 0.276 e. The summed E-state index contributed by atoms with van der Waals surface area (Å²) in [5, 5.41) is 10.2. The van der Waals surface area contributed by atoms with Gasteiger partial charge in [0.1, 0.15) is 5.69 Å². The lowest BCUT2D eigenvalue weighted by Crippen LogP contribution is -2.15. The van der Waals surface area contributed by atoms with Gasteiger partial charge in [0.2, 0.25) is 0 Å². The second-order valence-corrected chi connectivity index (χ2v) is 6.75. The van der Waals surface area contributed by atoms with E-state index in [2.05, 4.69) is 20.4 Å². The highest BCUT2D eigenvalue weighted by Gasteiger charge is 2.11. The summed E-state index contributed by atoms with van der Waals surface area (Å²) in [6, 6.07) is 11.1. The molecule has 0 aliphatic rings. The Hall–Kier alpha value is -3.06. The molecule has 6 nitrogen and oxygen atoms in total. The molecule has 0 fully saturated rings. The molecule has 0 atom stereocenters. The first-order valence-corrected chi connectivity index (χ1v) is 8.63. The number of aromatic nitrogens is 4. The van der Waals surface area contributed by atoms with Crippen molar-refractivity contribution in [3.63, 3.8) is 0 Å². The van der Waals surface area contributed by atoms with Crippen LogP contribution in [0.4, 0.5) is 5.69 Å². The Labute approximate surface area is 148 Å². The third-order valence-electron chi connectivity index (χ3n) is 3.71. The highest BCUT2D eigenvalue weighted by atomic mass is 32.1. The number of aryl methyl sites for hydroxylation is 2. The van der Waals surface area contributed by atoms with Gasteiger partial charge in [-0.05, 0) is 38.1 Å². The number of anilines is 1. The Morgan fingerprint density at radius 3 is 2.84 bits per heavy atom. The Morgan fingerprint density at radius 2 is 2.04 bits per heavy atom. The molecular formula is C18H15N5OS. The molecule has 0 radical (unpaired) electrons. The normalized spacial score (nSPS) is 11.0. The van der Waals surface area contributed by atoms with Crippen molar-refractivity contribution >= 4 is 28.6 Å². The molecule has 124 valence electrons. The monoisotopic (exact) mass is 349 g/mol. The van der Waals surface area contributed by atoms with Crippen LogP contribution in [0, 0.1) is 13.8 Å². The van der Waals surface area contributed by atoms with Crippen LogP contribution < -0.4 is 5.32 Å². The SMILES string of the molecule is Cc1cn2nc(C(=O)Nc3cccc(-c4csc(C)n4)c3)ccc2n1. The molecule has 0 saturated heterocycles. The van der Waals surface area contributed by atoms with Gasteiger partial charge in [-0.25, -0.2) is 14.5 Å². The van der Waals surface area contributed by atoms with Crippen LogP contribution in [0.25, 0.3) is 16.9 Å². The summed E-state index contributed by atoms with van der Waals surface area (Å²) in [5.41, 5.74) is 4.49. The van der Waals surface area contributed by atoms with Crippen molar-refractivity contribution in [2.75, 3.05) is 5.32 Å². The first-order valence-electron chi connectivity index (χ1n) is 7.75. The van der Waals surface area contributed by atoms with Crippen molar-refractivity contribution < 1.29 is 4.79 Å². The van der Waals surface area contributed by atoms with Gasteiger partial charge in [0.25, 0.3) is 5.91 Å². The number of rotatable bonds is 3. The van der Waals surface area contributed by atoms with E-state index in [0.29, 0.717) is 11.4 Å². The molecule has 0 bridgehead atoms. The van der Waals surface area contributed by atoms with E-state index >= 15 is 0 Å². The summed E-state index contributed by atoms with van der Waals surface area (Å²) < 4.78 is 1.61. The number of carbonyl (C=O) groups excluding carboxylic acids is 1. The molecule has 1 N–H and O–H groups in total. The second kappa shape index (κ2) is 6.10. The molecule has 1 aromatic carbocycles. The van der Waals surface area contributed by atoms with Gasteiger partial charge in [-0.2, -0.15) is 5.10 Å². The Bertz CT molecular complexity index is 1080. The summed E-state index contributed by atoms with van der Waals surface area (Å²) in [6.45, 7) is 3.86.